The van der Waals surface area contributed by atoms with E-state index >= 15 is 0 Å². The first kappa shape index (κ1) is 16.7. The Bertz CT molecular complexity index is 1340. The third-order valence-electron chi connectivity index (χ3n) is 5.85. The van der Waals surface area contributed by atoms with E-state index in [-0.39, 0.29) is 11.2 Å². The van der Waals surface area contributed by atoms with Gasteiger partial charge in [0.1, 0.15) is 5.82 Å². The Morgan fingerprint density at radius 2 is 2.14 bits per heavy atom. The lowest BCUT2D eigenvalue weighted by Gasteiger charge is -2.28. The molecule has 6 rings (SSSR count). The van der Waals surface area contributed by atoms with Crippen LogP contribution in [0.5, 0.6) is 0 Å². The van der Waals surface area contributed by atoms with Gasteiger partial charge >= 0.3 is 5.63 Å². The third-order valence-corrected chi connectivity index (χ3v) is 5.85. The molecular formula is C21H18FN5O2. The average Bonchev–Trinajstić information content (AvgIpc) is 3.42. The highest BCUT2D eigenvalue weighted by atomic mass is 19.1. The molecule has 6 heterocycles. The predicted molar refractivity (Wildman–Crippen MR) is 107 cm³/mol. The fourth-order valence-electron chi connectivity index (χ4n) is 4.49. The number of aryl methyl sites for hydroxylation is 1. The largest absolute Gasteiger partial charge is 0.403 e. The van der Waals surface area contributed by atoms with Gasteiger partial charge in [-0.2, -0.15) is 4.98 Å². The molecular weight excluding hydrogens is 373 g/mol. The van der Waals surface area contributed by atoms with Crippen molar-refractivity contribution in [3.8, 4) is 11.3 Å². The summed E-state index contributed by atoms with van der Waals surface area (Å²) in [7, 11) is 0. The maximum atomic E-state index is 14.2. The molecule has 0 saturated carbocycles. The van der Waals surface area contributed by atoms with Gasteiger partial charge in [0.2, 0.25) is 5.71 Å². The van der Waals surface area contributed by atoms with E-state index in [1.807, 2.05) is 12.1 Å². The summed E-state index contributed by atoms with van der Waals surface area (Å²) >= 11 is 0. The van der Waals surface area contributed by atoms with Crippen molar-refractivity contribution in [3.63, 3.8) is 0 Å². The predicted octanol–water partition coefficient (Wildman–Crippen LogP) is 2.50. The Kier molecular flexibility index (Phi) is 3.37. The van der Waals surface area contributed by atoms with Gasteiger partial charge in [0.05, 0.1) is 11.3 Å². The van der Waals surface area contributed by atoms with Gasteiger partial charge in [0.25, 0.3) is 0 Å². The lowest BCUT2D eigenvalue weighted by Crippen LogP contribution is -2.43. The normalized spacial score (nSPS) is 21.0. The van der Waals surface area contributed by atoms with Gasteiger partial charge in [-0.15, -0.1) is 0 Å². The van der Waals surface area contributed by atoms with E-state index in [0.717, 1.165) is 30.9 Å². The number of fused-ring (bicyclic) bond motifs is 4. The van der Waals surface area contributed by atoms with Crippen LogP contribution in [0.25, 0.3) is 28.0 Å². The molecule has 29 heavy (non-hydrogen) atoms. The first-order valence-electron chi connectivity index (χ1n) is 9.65. The number of nitrogens with zero attached hydrogens (tertiary/aromatic N) is 4. The van der Waals surface area contributed by atoms with E-state index in [9.17, 15) is 9.18 Å². The van der Waals surface area contributed by atoms with Gasteiger partial charge in [0.15, 0.2) is 11.5 Å². The van der Waals surface area contributed by atoms with Gasteiger partial charge < -0.3 is 19.0 Å². The molecule has 0 amide bonds. The summed E-state index contributed by atoms with van der Waals surface area (Å²) in [6.45, 7) is 3.67. The average molecular weight is 391 g/mol. The second kappa shape index (κ2) is 5.87. The van der Waals surface area contributed by atoms with Crippen LogP contribution < -0.4 is 15.8 Å². The van der Waals surface area contributed by atoms with Crippen LogP contribution in [0, 0.1) is 12.7 Å². The number of imidazole rings is 1. The maximum absolute atomic E-state index is 14.2. The molecule has 7 nitrogen and oxygen atoms in total. The number of nitrogens with one attached hydrogen (secondary N) is 1. The SMILES string of the molecule is Cc1cc(F)c2nc(-c3cc4ccc(N5C[C@@H]6C[C@H]5CN6)nc4oc3=O)cn2c1. The van der Waals surface area contributed by atoms with Crippen LogP contribution in [0.3, 0.4) is 0 Å². The Labute approximate surface area is 164 Å². The molecule has 2 saturated heterocycles. The molecule has 4 aromatic rings. The number of hydrogen-bond acceptors (Lipinski definition) is 6. The Hall–Kier alpha value is -3.26. The van der Waals surface area contributed by atoms with E-state index in [4.69, 9.17) is 4.42 Å². The molecule has 146 valence electrons. The van der Waals surface area contributed by atoms with Crippen molar-refractivity contribution in [2.45, 2.75) is 25.4 Å². The fraction of sp³-hybridized carbons (Fsp3) is 0.286. The molecule has 2 fully saturated rings. The van der Waals surface area contributed by atoms with Crippen LogP contribution in [0.1, 0.15) is 12.0 Å². The summed E-state index contributed by atoms with van der Waals surface area (Å²) in [5.74, 6) is 0.398. The molecule has 2 aliphatic heterocycles. The van der Waals surface area contributed by atoms with E-state index < -0.39 is 11.4 Å². The second-order valence-corrected chi connectivity index (χ2v) is 7.88. The topological polar surface area (TPSA) is 75.7 Å². The van der Waals surface area contributed by atoms with Crippen LogP contribution >= 0.6 is 0 Å². The third kappa shape index (κ3) is 2.56. The van der Waals surface area contributed by atoms with Crippen LogP contribution in [-0.4, -0.2) is 39.5 Å². The number of piperazine rings is 1. The Balaban J connectivity index is 1.44. The van der Waals surface area contributed by atoms with E-state index in [1.165, 1.54) is 6.07 Å². The minimum Gasteiger partial charge on any atom is -0.403 e. The summed E-state index contributed by atoms with van der Waals surface area (Å²) in [5, 5.41) is 4.18. The number of rotatable bonds is 2. The molecule has 0 unspecified atom stereocenters. The lowest BCUT2D eigenvalue weighted by molar-refractivity contribution is 0.547. The number of aromatic nitrogens is 3. The highest BCUT2D eigenvalue weighted by Crippen LogP contribution is 2.30. The second-order valence-electron chi connectivity index (χ2n) is 7.88. The Morgan fingerprint density at radius 3 is 2.93 bits per heavy atom. The van der Waals surface area contributed by atoms with Gasteiger partial charge in [0, 0.05) is 43.0 Å². The van der Waals surface area contributed by atoms with Crippen molar-refractivity contribution in [1.29, 1.82) is 0 Å². The smallest absolute Gasteiger partial charge is 0.347 e. The van der Waals surface area contributed by atoms with Crippen molar-refractivity contribution in [3.05, 3.63) is 58.5 Å². The van der Waals surface area contributed by atoms with E-state index in [0.29, 0.717) is 28.9 Å². The quantitative estimate of drug-likeness (QED) is 0.566. The monoisotopic (exact) mass is 391 g/mol. The first-order chi connectivity index (χ1) is 14.0. The van der Waals surface area contributed by atoms with Crippen LogP contribution in [0.2, 0.25) is 0 Å². The number of anilines is 1. The number of hydrogen-bond donors (Lipinski definition) is 1. The highest BCUT2D eigenvalue weighted by molar-refractivity contribution is 5.80. The van der Waals surface area contributed by atoms with Crippen molar-refractivity contribution in [1.82, 2.24) is 19.7 Å². The summed E-state index contributed by atoms with van der Waals surface area (Å²) in [6.07, 6.45) is 4.52. The summed E-state index contributed by atoms with van der Waals surface area (Å²) in [5.41, 5.74) is 1.38. The number of pyridine rings is 2. The van der Waals surface area contributed by atoms with Gasteiger partial charge in [-0.05, 0) is 43.2 Å². The van der Waals surface area contributed by atoms with Crippen LogP contribution in [0.4, 0.5) is 10.2 Å². The summed E-state index contributed by atoms with van der Waals surface area (Å²) < 4.78 is 21.3. The van der Waals surface area contributed by atoms with Crippen LogP contribution in [-0.2, 0) is 0 Å². The minimum atomic E-state index is -0.535. The summed E-state index contributed by atoms with van der Waals surface area (Å²) in [6, 6.07) is 7.94. The van der Waals surface area contributed by atoms with Crippen molar-refractivity contribution in [2.24, 2.45) is 0 Å². The minimum absolute atomic E-state index is 0.177. The molecule has 2 aliphatic rings. The van der Waals surface area contributed by atoms with Crippen LogP contribution in [0.15, 0.2) is 45.9 Å². The zero-order chi connectivity index (χ0) is 19.7. The van der Waals surface area contributed by atoms with Crippen molar-refractivity contribution in [2.75, 3.05) is 18.0 Å². The first-order valence-corrected chi connectivity index (χ1v) is 9.65. The fourth-order valence-corrected chi connectivity index (χ4v) is 4.49. The molecule has 8 heteroatoms. The van der Waals surface area contributed by atoms with E-state index in [1.54, 1.807) is 29.8 Å². The number of halogens is 1. The molecule has 4 aromatic heterocycles. The molecule has 2 atom stereocenters. The zero-order valence-electron chi connectivity index (χ0n) is 15.7. The summed E-state index contributed by atoms with van der Waals surface area (Å²) in [4.78, 5) is 23.8. The molecule has 0 radical (unpaired) electrons. The zero-order valence-corrected chi connectivity index (χ0v) is 15.7. The maximum Gasteiger partial charge on any atom is 0.347 e. The molecule has 0 aromatic carbocycles. The molecule has 0 aliphatic carbocycles. The lowest BCUT2D eigenvalue weighted by atomic mass is 10.2. The van der Waals surface area contributed by atoms with Gasteiger partial charge in [-0.3, -0.25) is 0 Å². The van der Waals surface area contributed by atoms with E-state index in [2.05, 4.69) is 20.2 Å². The standard InChI is InChI=1S/C21H18FN5O2/c1-11-4-16(22)19-24-17(10-26(19)8-11)15-5-12-2-3-18(25-20(12)29-21(15)28)27-9-13-6-14(27)7-23-13/h2-5,8,10,13-14,23H,6-7,9H2,1H3/t13-,14-/m0/s1. The van der Waals surface area contributed by atoms with Crippen molar-refractivity contribution < 1.29 is 8.81 Å². The van der Waals surface area contributed by atoms with Crippen molar-refractivity contribution >= 4 is 22.6 Å². The molecule has 0 spiro atoms. The molecule has 2 bridgehead atoms. The molecule has 1 N–H and O–H groups in total. The Morgan fingerprint density at radius 1 is 1.24 bits per heavy atom. The van der Waals surface area contributed by atoms with Gasteiger partial charge in [-0.25, -0.2) is 14.2 Å². The highest BCUT2D eigenvalue weighted by Gasteiger charge is 2.38. The van der Waals surface area contributed by atoms with Gasteiger partial charge in [-0.1, -0.05) is 0 Å².